The van der Waals surface area contributed by atoms with E-state index in [2.05, 4.69) is 10.6 Å². The van der Waals surface area contributed by atoms with E-state index in [1.165, 1.54) is 17.6 Å². The summed E-state index contributed by atoms with van der Waals surface area (Å²) < 4.78 is 5.11. The van der Waals surface area contributed by atoms with Gasteiger partial charge in [-0.3, -0.25) is 9.59 Å². The van der Waals surface area contributed by atoms with Crippen LogP contribution >= 0.6 is 11.3 Å². The molecule has 6 heteroatoms. The van der Waals surface area contributed by atoms with Crippen molar-refractivity contribution in [3.8, 4) is 0 Å². The predicted octanol–water partition coefficient (Wildman–Crippen LogP) is 6.08. The van der Waals surface area contributed by atoms with Gasteiger partial charge in [0, 0.05) is 16.3 Å². The molecule has 0 aliphatic carbocycles. The van der Waals surface area contributed by atoms with Crippen LogP contribution in [0.5, 0.6) is 0 Å². The molecule has 2 aromatic carbocycles. The topological polar surface area (TPSA) is 71.3 Å². The van der Waals surface area contributed by atoms with E-state index in [4.69, 9.17) is 4.42 Å². The molecule has 2 aromatic heterocycles. The highest BCUT2D eigenvalue weighted by molar-refractivity contribution is 7.11. The lowest BCUT2D eigenvalue weighted by molar-refractivity contribution is -0.111. The van der Waals surface area contributed by atoms with Gasteiger partial charge in [0.25, 0.3) is 11.8 Å². The molecule has 0 radical (unpaired) electrons. The summed E-state index contributed by atoms with van der Waals surface area (Å²) in [5, 5.41) is 7.64. The van der Waals surface area contributed by atoms with Crippen LogP contribution in [0.4, 0.5) is 11.4 Å². The van der Waals surface area contributed by atoms with Crippen LogP contribution in [0.1, 0.15) is 26.6 Å². The third-order valence-electron chi connectivity index (χ3n) is 4.51. The molecule has 2 N–H and O–H groups in total. The first-order valence-corrected chi connectivity index (χ1v) is 10.5. The van der Waals surface area contributed by atoms with Crippen molar-refractivity contribution < 1.29 is 14.0 Å². The highest BCUT2D eigenvalue weighted by atomic mass is 32.1. The summed E-state index contributed by atoms with van der Waals surface area (Å²) in [4.78, 5) is 26.2. The van der Waals surface area contributed by atoms with Gasteiger partial charge >= 0.3 is 0 Å². The van der Waals surface area contributed by atoms with Gasteiger partial charge in [0.05, 0.1) is 11.8 Å². The van der Waals surface area contributed by atoms with E-state index < -0.39 is 0 Å². The number of benzene rings is 2. The molecule has 4 rings (SSSR count). The number of anilines is 2. The van der Waals surface area contributed by atoms with Gasteiger partial charge in [-0.2, -0.15) is 0 Å². The van der Waals surface area contributed by atoms with Gasteiger partial charge in [-0.05, 0) is 60.3 Å². The number of hydrogen-bond donors (Lipinski definition) is 2. The molecule has 0 aliphatic rings. The summed E-state index contributed by atoms with van der Waals surface area (Å²) in [5.41, 5.74) is 3.79. The molecule has 2 heterocycles. The second-order valence-electron chi connectivity index (χ2n) is 6.92. The van der Waals surface area contributed by atoms with Gasteiger partial charge in [-0.15, -0.1) is 11.3 Å². The first kappa shape index (κ1) is 20.4. The highest BCUT2D eigenvalue weighted by Gasteiger charge is 2.15. The third kappa shape index (κ3) is 5.18. The molecule has 154 valence electrons. The summed E-state index contributed by atoms with van der Waals surface area (Å²) in [7, 11) is 0. The smallest absolute Gasteiger partial charge is 0.291 e. The number of aryl methyl sites for hydroxylation is 1. The fourth-order valence-electron chi connectivity index (χ4n) is 3.08. The molecule has 0 saturated carbocycles. The van der Waals surface area contributed by atoms with Crippen LogP contribution in [0.15, 0.2) is 88.9 Å². The predicted molar refractivity (Wildman–Crippen MR) is 125 cm³/mol. The highest BCUT2D eigenvalue weighted by Crippen LogP contribution is 2.26. The van der Waals surface area contributed by atoms with Crippen LogP contribution in [0.25, 0.3) is 11.6 Å². The lowest BCUT2D eigenvalue weighted by Gasteiger charge is -2.10. The Bertz CT molecular complexity index is 1230. The fourth-order valence-corrected chi connectivity index (χ4v) is 3.82. The van der Waals surface area contributed by atoms with Gasteiger partial charge in [0.15, 0.2) is 5.76 Å². The zero-order valence-electron chi connectivity index (χ0n) is 16.8. The van der Waals surface area contributed by atoms with Crippen LogP contribution in [0, 0.1) is 6.92 Å². The first-order chi connectivity index (χ1) is 15.1. The number of carbonyl (C=O) groups excluding carboxylic acids is 2. The van der Waals surface area contributed by atoms with E-state index in [0.29, 0.717) is 16.9 Å². The van der Waals surface area contributed by atoms with Crippen molar-refractivity contribution in [3.05, 3.63) is 106 Å². The van der Waals surface area contributed by atoms with Crippen molar-refractivity contribution in [1.29, 1.82) is 0 Å². The van der Waals surface area contributed by atoms with Crippen LogP contribution in [-0.4, -0.2) is 11.8 Å². The lowest BCUT2D eigenvalue weighted by Crippen LogP contribution is -2.14. The van der Waals surface area contributed by atoms with E-state index in [1.807, 2.05) is 54.8 Å². The zero-order valence-corrected chi connectivity index (χ0v) is 17.6. The van der Waals surface area contributed by atoms with Gasteiger partial charge in [-0.1, -0.05) is 42.0 Å². The van der Waals surface area contributed by atoms with Crippen molar-refractivity contribution in [2.75, 3.05) is 10.6 Å². The first-order valence-electron chi connectivity index (χ1n) is 9.67. The number of thiophene rings is 1. The van der Waals surface area contributed by atoms with Gasteiger partial charge in [0.2, 0.25) is 0 Å². The van der Waals surface area contributed by atoms with Crippen molar-refractivity contribution >= 4 is 46.2 Å². The van der Waals surface area contributed by atoms with Crippen molar-refractivity contribution in [2.24, 2.45) is 0 Å². The third-order valence-corrected chi connectivity index (χ3v) is 5.41. The number of furan rings is 1. The largest absolute Gasteiger partial charge is 0.459 e. The van der Waals surface area contributed by atoms with Gasteiger partial charge < -0.3 is 15.1 Å². The second-order valence-corrected chi connectivity index (χ2v) is 7.86. The number of nitrogens with one attached hydrogen (secondary N) is 2. The maximum Gasteiger partial charge on any atom is 0.291 e. The van der Waals surface area contributed by atoms with Crippen molar-refractivity contribution in [3.63, 3.8) is 0 Å². The number of amides is 2. The van der Waals surface area contributed by atoms with Crippen molar-refractivity contribution in [2.45, 2.75) is 6.92 Å². The molecule has 0 fully saturated rings. The second kappa shape index (κ2) is 9.28. The Hall–Kier alpha value is -3.90. The molecule has 0 spiro atoms. The average molecular weight is 429 g/mol. The summed E-state index contributed by atoms with van der Waals surface area (Å²) in [6.45, 7) is 2.02. The molecule has 0 bridgehead atoms. The van der Waals surface area contributed by atoms with Crippen LogP contribution in [0.3, 0.4) is 0 Å². The number of carbonyl (C=O) groups is 2. The Morgan fingerprint density at radius 2 is 1.71 bits per heavy atom. The quantitative estimate of drug-likeness (QED) is 0.366. The molecule has 0 unspecified atom stereocenters. The molecule has 0 atom stereocenters. The molecule has 31 heavy (non-hydrogen) atoms. The number of rotatable bonds is 6. The Kier molecular flexibility index (Phi) is 6.10. The van der Waals surface area contributed by atoms with E-state index in [9.17, 15) is 9.59 Å². The van der Waals surface area contributed by atoms with Crippen molar-refractivity contribution in [1.82, 2.24) is 0 Å². The summed E-state index contributed by atoms with van der Waals surface area (Å²) in [6, 6.07) is 22.1. The molecule has 0 aliphatic heterocycles. The van der Waals surface area contributed by atoms with E-state index >= 15 is 0 Å². The Labute approximate surface area is 184 Å². The van der Waals surface area contributed by atoms with Crippen LogP contribution in [-0.2, 0) is 4.79 Å². The molecular weight excluding hydrogens is 408 g/mol. The molecule has 2 amide bonds. The Balaban J connectivity index is 1.56. The maximum absolute atomic E-state index is 13.1. The Morgan fingerprint density at radius 3 is 2.42 bits per heavy atom. The summed E-state index contributed by atoms with van der Waals surface area (Å²) in [5.74, 6) is -0.360. The molecule has 4 aromatic rings. The normalized spacial score (nSPS) is 11.2. The van der Waals surface area contributed by atoms with E-state index in [-0.39, 0.29) is 17.6 Å². The fraction of sp³-hybridized carbons (Fsp3) is 0.0400. The van der Waals surface area contributed by atoms with Gasteiger partial charge in [-0.25, -0.2) is 0 Å². The summed E-state index contributed by atoms with van der Waals surface area (Å²) in [6.07, 6.45) is 3.33. The monoisotopic (exact) mass is 428 g/mol. The molecular formula is C25H20N2O3S. The lowest BCUT2D eigenvalue weighted by atomic mass is 10.1. The standard InChI is InChI=1S/C25H20N2O3S/c1-17-6-2-7-18(14-17)15-21(23-11-5-13-31-23)24(28)26-19-8-3-9-20(16-19)27-25(29)22-10-4-12-30-22/h2-16H,1H3,(H,26,28)(H,27,29)/b21-15+. The molecule has 5 nitrogen and oxygen atoms in total. The van der Waals surface area contributed by atoms with E-state index in [1.54, 1.807) is 36.4 Å². The Morgan fingerprint density at radius 1 is 0.903 bits per heavy atom. The maximum atomic E-state index is 13.1. The summed E-state index contributed by atoms with van der Waals surface area (Å²) >= 11 is 1.51. The SMILES string of the molecule is Cc1cccc(/C=C(/C(=O)Nc2cccc(NC(=O)c3ccco3)c2)c2cccs2)c1. The minimum Gasteiger partial charge on any atom is -0.459 e. The molecule has 0 saturated heterocycles. The average Bonchev–Trinajstić information content (AvgIpc) is 3.46. The zero-order chi connectivity index (χ0) is 21.6. The van der Waals surface area contributed by atoms with Crippen LogP contribution in [0.2, 0.25) is 0 Å². The minimum atomic E-state index is -0.355. The van der Waals surface area contributed by atoms with Crippen LogP contribution < -0.4 is 10.6 Å². The minimum absolute atomic E-state index is 0.218. The number of hydrogen-bond acceptors (Lipinski definition) is 4. The van der Waals surface area contributed by atoms with E-state index in [0.717, 1.165) is 16.0 Å². The van der Waals surface area contributed by atoms with Gasteiger partial charge in [0.1, 0.15) is 0 Å².